The summed E-state index contributed by atoms with van der Waals surface area (Å²) in [6.45, 7) is 1.67. The van der Waals surface area contributed by atoms with Crippen LogP contribution in [0.2, 0.25) is 0 Å². The molecule has 0 aliphatic heterocycles. The molecule has 0 aliphatic carbocycles. The summed E-state index contributed by atoms with van der Waals surface area (Å²) in [6.07, 6.45) is -3.21. The third-order valence-corrected chi connectivity index (χ3v) is 2.98. The lowest BCUT2D eigenvalue weighted by Crippen LogP contribution is -2.12. The second-order valence-electron chi connectivity index (χ2n) is 4.72. The number of benzene rings is 1. The van der Waals surface area contributed by atoms with Crippen molar-refractivity contribution in [2.75, 3.05) is 0 Å². The Bertz CT molecular complexity index is 889. The van der Waals surface area contributed by atoms with E-state index in [-0.39, 0.29) is 17.0 Å². The first-order valence-corrected chi connectivity index (χ1v) is 6.42. The van der Waals surface area contributed by atoms with Crippen LogP contribution in [0.1, 0.15) is 21.6 Å². The highest BCUT2D eigenvalue weighted by atomic mass is 19.4. The predicted molar refractivity (Wildman–Crippen MR) is 71.9 cm³/mol. The quantitative estimate of drug-likeness (QED) is 0.679. The number of aromatic nitrogens is 4. The molecule has 0 spiro atoms. The van der Waals surface area contributed by atoms with Crippen molar-refractivity contribution in [2.24, 2.45) is 0 Å². The van der Waals surface area contributed by atoms with Gasteiger partial charge in [0.05, 0.1) is 16.8 Å². The number of carbonyl (C=O) groups excluding carboxylic acids is 1. The Morgan fingerprint density at radius 3 is 2.78 bits per heavy atom. The number of rotatable bonds is 2. The predicted octanol–water partition coefficient (Wildman–Crippen LogP) is 2.67. The number of hydrogen-bond acceptors (Lipinski definition) is 5. The van der Waals surface area contributed by atoms with Gasteiger partial charge in [-0.25, -0.2) is 4.79 Å². The Morgan fingerprint density at radius 2 is 2.04 bits per heavy atom. The van der Waals surface area contributed by atoms with E-state index in [1.807, 2.05) is 0 Å². The number of nitrogens with zero attached hydrogens (tertiary/aromatic N) is 4. The van der Waals surface area contributed by atoms with Crippen LogP contribution in [0.3, 0.4) is 0 Å². The topological polar surface area (TPSA) is 69.4 Å². The molecule has 0 aliphatic rings. The summed E-state index contributed by atoms with van der Waals surface area (Å²) in [4.78, 5) is 12.1. The van der Waals surface area contributed by atoms with E-state index < -0.39 is 17.7 Å². The number of ether oxygens (including phenoxy) is 1. The molecule has 0 amide bonds. The van der Waals surface area contributed by atoms with Crippen LogP contribution in [0.4, 0.5) is 13.2 Å². The van der Waals surface area contributed by atoms with Gasteiger partial charge < -0.3 is 4.74 Å². The molecule has 2 heterocycles. The summed E-state index contributed by atoms with van der Waals surface area (Å²) in [5, 5.41) is 11.5. The fourth-order valence-electron chi connectivity index (χ4n) is 1.97. The number of carbonyl (C=O) groups is 1. The largest absolute Gasteiger partial charge is 0.419 e. The van der Waals surface area contributed by atoms with Gasteiger partial charge in [-0.3, -0.25) is 0 Å². The minimum atomic E-state index is -4.54. The zero-order valence-electron chi connectivity index (χ0n) is 11.7. The molecule has 1 aromatic carbocycles. The van der Waals surface area contributed by atoms with Crippen LogP contribution in [0.15, 0.2) is 36.7 Å². The van der Waals surface area contributed by atoms with Crippen molar-refractivity contribution in [3.63, 3.8) is 0 Å². The standard InChI is InChI=1S/C14H9F3N4O2/c1-8-5-11(12-19-18-7-21(12)20-8)23-13(22)9-3-2-4-10(6-9)14(15,16)17/h2-7H,1H3. The van der Waals surface area contributed by atoms with Crippen LogP contribution < -0.4 is 4.74 Å². The van der Waals surface area contributed by atoms with Crippen LogP contribution in [0.5, 0.6) is 5.75 Å². The molecule has 0 N–H and O–H groups in total. The molecule has 0 saturated heterocycles. The Balaban J connectivity index is 1.94. The third kappa shape index (κ3) is 2.98. The van der Waals surface area contributed by atoms with E-state index >= 15 is 0 Å². The maximum Gasteiger partial charge on any atom is 0.416 e. The molecule has 0 bridgehead atoms. The molecule has 9 heteroatoms. The lowest BCUT2D eigenvalue weighted by atomic mass is 10.1. The molecule has 0 radical (unpaired) electrons. The van der Waals surface area contributed by atoms with Crippen molar-refractivity contribution in [2.45, 2.75) is 13.1 Å². The molecule has 23 heavy (non-hydrogen) atoms. The molecule has 0 atom stereocenters. The summed E-state index contributed by atoms with van der Waals surface area (Å²) in [7, 11) is 0. The van der Waals surface area contributed by atoms with E-state index in [4.69, 9.17) is 4.74 Å². The van der Waals surface area contributed by atoms with Gasteiger partial charge in [-0.1, -0.05) is 6.07 Å². The Morgan fingerprint density at radius 1 is 1.26 bits per heavy atom. The number of fused-ring (bicyclic) bond motifs is 1. The molecule has 0 unspecified atom stereocenters. The highest BCUT2D eigenvalue weighted by molar-refractivity contribution is 5.92. The van der Waals surface area contributed by atoms with Crippen LogP contribution in [-0.2, 0) is 6.18 Å². The minimum Gasteiger partial charge on any atom is -0.419 e. The average molecular weight is 322 g/mol. The molecule has 3 rings (SSSR count). The van der Waals surface area contributed by atoms with Crippen molar-refractivity contribution in [1.82, 2.24) is 19.8 Å². The molecule has 3 aromatic rings. The van der Waals surface area contributed by atoms with Crippen molar-refractivity contribution < 1.29 is 22.7 Å². The Hall–Kier alpha value is -2.97. The summed E-state index contributed by atoms with van der Waals surface area (Å²) < 4.78 is 44.5. The second kappa shape index (κ2) is 5.34. The van der Waals surface area contributed by atoms with E-state index in [1.165, 1.54) is 23.0 Å². The summed E-state index contributed by atoms with van der Waals surface area (Å²) >= 11 is 0. The maximum atomic E-state index is 12.7. The summed E-state index contributed by atoms with van der Waals surface area (Å²) in [5.74, 6) is -0.857. The first kappa shape index (κ1) is 14.9. The van der Waals surface area contributed by atoms with Gasteiger partial charge in [-0.2, -0.15) is 22.8 Å². The lowest BCUT2D eigenvalue weighted by molar-refractivity contribution is -0.137. The fraction of sp³-hybridized carbons (Fsp3) is 0.143. The third-order valence-electron chi connectivity index (χ3n) is 2.98. The minimum absolute atomic E-state index is 0.0670. The zero-order valence-corrected chi connectivity index (χ0v) is 11.7. The van der Waals surface area contributed by atoms with Gasteiger partial charge in [-0.05, 0) is 25.1 Å². The van der Waals surface area contributed by atoms with E-state index in [2.05, 4.69) is 15.3 Å². The molecule has 0 fully saturated rings. The van der Waals surface area contributed by atoms with Gasteiger partial charge in [0, 0.05) is 6.07 Å². The van der Waals surface area contributed by atoms with Gasteiger partial charge in [0.15, 0.2) is 5.75 Å². The van der Waals surface area contributed by atoms with E-state index in [0.29, 0.717) is 5.69 Å². The van der Waals surface area contributed by atoms with E-state index in [9.17, 15) is 18.0 Å². The smallest absolute Gasteiger partial charge is 0.416 e. The van der Waals surface area contributed by atoms with Crippen LogP contribution in [0.25, 0.3) is 5.65 Å². The summed E-state index contributed by atoms with van der Waals surface area (Å²) in [6, 6.07) is 5.45. The monoisotopic (exact) mass is 322 g/mol. The number of hydrogen-bond donors (Lipinski definition) is 0. The van der Waals surface area contributed by atoms with Crippen molar-refractivity contribution in [3.05, 3.63) is 53.5 Å². The van der Waals surface area contributed by atoms with Crippen molar-refractivity contribution in [1.29, 1.82) is 0 Å². The highest BCUT2D eigenvalue weighted by Crippen LogP contribution is 2.30. The average Bonchev–Trinajstić information content (AvgIpc) is 2.94. The molecule has 0 saturated carbocycles. The molecule has 2 aromatic heterocycles. The van der Waals surface area contributed by atoms with Crippen LogP contribution >= 0.6 is 0 Å². The van der Waals surface area contributed by atoms with Crippen LogP contribution in [-0.4, -0.2) is 25.8 Å². The van der Waals surface area contributed by atoms with Crippen LogP contribution in [0, 0.1) is 6.92 Å². The molecule has 118 valence electrons. The number of alkyl halides is 3. The maximum absolute atomic E-state index is 12.7. The van der Waals surface area contributed by atoms with E-state index in [0.717, 1.165) is 18.2 Å². The van der Waals surface area contributed by atoms with Gasteiger partial charge in [0.2, 0.25) is 5.65 Å². The lowest BCUT2D eigenvalue weighted by Gasteiger charge is -2.09. The van der Waals surface area contributed by atoms with E-state index in [1.54, 1.807) is 6.92 Å². The van der Waals surface area contributed by atoms with Crippen molar-refractivity contribution >= 4 is 11.6 Å². The summed E-state index contributed by atoms with van der Waals surface area (Å²) in [5.41, 5.74) is -0.419. The highest BCUT2D eigenvalue weighted by Gasteiger charge is 2.31. The van der Waals surface area contributed by atoms with Gasteiger partial charge in [-0.15, -0.1) is 10.2 Å². The second-order valence-corrected chi connectivity index (χ2v) is 4.72. The van der Waals surface area contributed by atoms with Crippen molar-refractivity contribution in [3.8, 4) is 5.75 Å². The first-order valence-electron chi connectivity index (χ1n) is 6.42. The Kier molecular flexibility index (Phi) is 3.47. The molecular formula is C14H9F3N4O2. The number of aryl methyl sites for hydroxylation is 1. The zero-order chi connectivity index (χ0) is 16.6. The fourth-order valence-corrected chi connectivity index (χ4v) is 1.97. The normalized spacial score (nSPS) is 11.7. The van der Waals surface area contributed by atoms with Gasteiger partial charge in [0.1, 0.15) is 6.33 Å². The van der Waals surface area contributed by atoms with Gasteiger partial charge in [0.25, 0.3) is 0 Å². The molecule has 6 nitrogen and oxygen atoms in total. The number of halogens is 3. The SMILES string of the molecule is Cc1cc(OC(=O)c2cccc(C(F)(F)F)c2)c2nncn2n1. The van der Waals surface area contributed by atoms with Gasteiger partial charge >= 0.3 is 12.1 Å². The number of esters is 1. The first-order chi connectivity index (χ1) is 10.8. The molecular weight excluding hydrogens is 313 g/mol. The Labute approximate surface area is 127 Å².